The number of amides is 1. The zero-order valence-corrected chi connectivity index (χ0v) is 14.8. The Morgan fingerprint density at radius 2 is 2.04 bits per heavy atom. The third kappa shape index (κ3) is 4.23. The Morgan fingerprint density at radius 1 is 1.15 bits per heavy atom. The van der Waals surface area contributed by atoms with Gasteiger partial charge in [-0.05, 0) is 41.8 Å². The highest BCUT2D eigenvalue weighted by molar-refractivity contribution is 7.10. The number of ether oxygens (including phenoxy) is 1. The number of rotatable bonds is 6. The van der Waals surface area contributed by atoms with Crippen molar-refractivity contribution in [3.8, 4) is 5.75 Å². The standard InChI is InChI=1S/C20H16N2O3S/c1-25-16-7-2-6-15(11-16)22-20(24)18(12-17-8-4-10-26-17)19(23)14-5-3-9-21-13-14/h2-13H,1H3,(H,22,24)/b18-12+. The van der Waals surface area contributed by atoms with Crippen LogP contribution in [0.15, 0.2) is 71.9 Å². The third-order valence-electron chi connectivity index (χ3n) is 3.57. The van der Waals surface area contributed by atoms with Crippen LogP contribution in [-0.2, 0) is 4.79 Å². The molecule has 0 aliphatic heterocycles. The Bertz CT molecular complexity index is 935. The van der Waals surface area contributed by atoms with Crippen molar-refractivity contribution < 1.29 is 14.3 Å². The molecule has 0 fully saturated rings. The maximum absolute atomic E-state index is 12.8. The van der Waals surface area contributed by atoms with Gasteiger partial charge in [-0.25, -0.2) is 0 Å². The number of carbonyl (C=O) groups excluding carboxylic acids is 2. The lowest BCUT2D eigenvalue weighted by Crippen LogP contribution is -2.20. The minimum Gasteiger partial charge on any atom is -0.497 e. The number of pyridine rings is 1. The number of nitrogens with zero attached hydrogens (tertiary/aromatic N) is 1. The molecule has 2 heterocycles. The molecule has 0 bridgehead atoms. The first kappa shape index (κ1) is 17.6. The van der Waals surface area contributed by atoms with Gasteiger partial charge in [0.15, 0.2) is 5.78 Å². The van der Waals surface area contributed by atoms with Crippen LogP contribution in [0.3, 0.4) is 0 Å². The van der Waals surface area contributed by atoms with Crippen LogP contribution in [0.1, 0.15) is 15.2 Å². The van der Waals surface area contributed by atoms with Crippen LogP contribution in [0.2, 0.25) is 0 Å². The van der Waals surface area contributed by atoms with Gasteiger partial charge in [-0.2, -0.15) is 0 Å². The molecule has 1 aromatic carbocycles. The number of benzene rings is 1. The molecule has 1 amide bonds. The van der Waals surface area contributed by atoms with E-state index in [9.17, 15) is 9.59 Å². The summed E-state index contributed by atoms with van der Waals surface area (Å²) in [5.41, 5.74) is 0.949. The first-order chi connectivity index (χ1) is 12.7. The summed E-state index contributed by atoms with van der Waals surface area (Å²) in [6, 6.07) is 14.0. The van der Waals surface area contributed by atoms with E-state index in [0.29, 0.717) is 17.0 Å². The van der Waals surface area contributed by atoms with Crippen LogP contribution in [0.25, 0.3) is 6.08 Å². The van der Waals surface area contributed by atoms with Crippen LogP contribution in [0.4, 0.5) is 5.69 Å². The van der Waals surface area contributed by atoms with E-state index in [1.165, 1.54) is 17.5 Å². The highest BCUT2D eigenvalue weighted by Crippen LogP contribution is 2.20. The van der Waals surface area contributed by atoms with Crippen LogP contribution in [0.5, 0.6) is 5.75 Å². The van der Waals surface area contributed by atoms with Gasteiger partial charge in [0, 0.05) is 34.6 Å². The second kappa shape index (κ2) is 8.22. The van der Waals surface area contributed by atoms with E-state index in [2.05, 4.69) is 10.3 Å². The lowest BCUT2D eigenvalue weighted by atomic mass is 10.0. The van der Waals surface area contributed by atoms with Crippen molar-refractivity contribution in [2.45, 2.75) is 0 Å². The monoisotopic (exact) mass is 364 g/mol. The van der Waals surface area contributed by atoms with Crippen LogP contribution >= 0.6 is 11.3 Å². The summed E-state index contributed by atoms with van der Waals surface area (Å²) >= 11 is 1.45. The molecule has 5 nitrogen and oxygen atoms in total. The normalized spacial score (nSPS) is 11.0. The zero-order chi connectivity index (χ0) is 18.4. The van der Waals surface area contributed by atoms with Crippen molar-refractivity contribution in [1.82, 2.24) is 4.98 Å². The molecule has 130 valence electrons. The predicted molar refractivity (Wildman–Crippen MR) is 102 cm³/mol. The van der Waals surface area contributed by atoms with Gasteiger partial charge in [0.05, 0.1) is 12.7 Å². The highest BCUT2D eigenvalue weighted by Gasteiger charge is 2.20. The van der Waals surface area contributed by atoms with Crippen LogP contribution < -0.4 is 10.1 Å². The Kier molecular flexibility index (Phi) is 5.56. The number of carbonyl (C=O) groups is 2. The summed E-state index contributed by atoms with van der Waals surface area (Å²) in [5, 5.41) is 4.64. The number of aromatic nitrogens is 1. The summed E-state index contributed by atoms with van der Waals surface area (Å²) in [5.74, 6) is -0.252. The molecule has 0 atom stereocenters. The molecule has 2 aromatic heterocycles. The molecular formula is C20H16N2O3S. The van der Waals surface area contributed by atoms with E-state index in [4.69, 9.17) is 4.74 Å². The van der Waals surface area contributed by atoms with Gasteiger partial charge in [0.1, 0.15) is 5.75 Å². The minimum atomic E-state index is -0.486. The fourth-order valence-corrected chi connectivity index (χ4v) is 2.96. The maximum Gasteiger partial charge on any atom is 0.259 e. The summed E-state index contributed by atoms with van der Waals surface area (Å²) in [7, 11) is 1.55. The average molecular weight is 364 g/mol. The van der Waals surface area contributed by atoms with Gasteiger partial charge in [0.25, 0.3) is 5.91 Å². The number of anilines is 1. The summed E-state index contributed by atoms with van der Waals surface area (Å²) in [6.45, 7) is 0. The molecular weight excluding hydrogens is 348 g/mol. The molecule has 3 rings (SSSR count). The van der Waals surface area contributed by atoms with E-state index in [0.717, 1.165) is 4.88 Å². The first-order valence-electron chi connectivity index (χ1n) is 7.82. The van der Waals surface area contributed by atoms with Gasteiger partial charge in [0.2, 0.25) is 0 Å². The van der Waals surface area contributed by atoms with E-state index in [-0.39, 0.29) is 11.4 Å². The van der Waals surface area contributed by atoms with E-state index in [1.54, 1.807) is 55.8 Å². The highest BCUT2D eigenvalue weighted by atomic mass is 32.1. The Labute approximate surface area is 155 Å². The number of ketones is 1. The van der Waals surface area contributed by atoms with Gasteiger partial charge in [-0.3, -0.25) is 14.6 Å². The molecule has 0 aliphatic rings. The molecule has 1 N–H and O–H groups in total. The lowest BCUT2D eigenvalue weighted by molar-refractivity contribution is -0.112. The van der Waals surface area contributed by atoms with Crippen molar-refractivity contribution in [2.24, 2.45) is 0 Å². The van der Waals surface area contributed by atoms with E-state index >= 15 is 0 Å². The molecule has 0 unspecified atom stereocenters. The summed E-state index contributed by atoms with van der Waals surface area (Å²) in [4.78, 5) is 30.4. The number of thiophene rings is 1. The molecule has 6 heteroatoms. The average Bonchev–Trinajstić information content (AvgIpc) is 3.19. The summed E-state index contributed by atoms with van der Waals surface area (Å²) in [6.07, 6.45) is 4.62. The van der Waals surface area contributed by atoms with Crippen molar-refractivity contribution in [3.05, 3.63) is 82.3 Å². The van der Waals surface area contributed by atoms with Crippen LogP contribution in [0, 0.1) is 0 Å². The van der Waals surface area contributed by atoms with Gasteiger partial charge < -0.3 is 10.1 Å². The van der Waals surface area contributed by atoms with Crippen molar-refractivity contribution in [1.29, 1.82) is 0 Å². The number of nitrogens with one attached hydrogen (secondary N) is 1. The van der Waals surface area contributed by atoms with Gasteiger partial charge >= 0.3 is 0 Å². The SMILES string of the molecule is COc1cccc(NC(=O)/C(=C/c2cccs2)C(=O)c2cccnc2)c1. The fraction of sp³-hybridized carbons (Fsp3) is 0.0500. The van der Waals surface area contributed by atoms with E-state index < -0.39 is 5.91 Å². The summed E-state index contributed by atoms with van der Waals surface area (Å²) < 4.78 is 5.16. The van der Waals surface area contributed by atoms with Crippen molar-refractivity contribution >= 4 is 34.8 Å². The topological polar surface area (TPSA) is 68.3 Å². The number of Topliss-reactive ketones (excluding diaryl/α,β-unsaturated/α-hetero) is 1. The van der Waals surface area contributed by atoms with Crippen molar-refractivity contribution in [2.75, 3.05) is 12.4 Å². The zero-order valence-electron chi connectivity index (χ0n) is 14.0. The molecule has 0 aliphatic carbocycles. The molecule has 0 radical (unpaired) electrons. The van der Waals surface area contributed by atoms with Crippen LogP contribution in [-0.4, -0.2) is 23.8 Å². The largest absolute Gasteiger partial charge is 0.497 e. The molecule has 0 saturated heterocycles. The number of hydrogen-bond donors (Lipinski definition) is 1. The third-order valence-corrected chi connectivity index (χ3v) is 4.39. The quantitative estimate of drug-likeness (QED) is 0.310. The van der Waals surface area contributed by atoms with E-state index in [1.807, 2.05) is 17.5 Å². The van der Waals surface area contributed by atoms with Gasteiger partial charge in [-0.15, -0.1) is 11.3 Å². The van der Waals surface area contributed by atoms with Crippen molar-refractivity contribution in [3.63, 3.8) is 0 Å². The second-order valence-corrected chi connectivity index (χ2v) is 6.31. The first-order valence-corrected chi connectivity index (χ1v) is 8.70. The Balaban J connectivity index is 1.92. The molecule has 3 aromatic rings. The molecule has 0 spiro atoms. The smallest absolute Gasteiger partial charge is 0.259 e. The molecule has 26 heavy (non-hydrogen) atoms. The number of methoxy groups -OCH3 is 1. The Hall–Kier alpha value is -3.25. The maximum atomic E-state index is 12.8. The number of hydrogen-bond acceptors (Lipinski definition) is 5. The lowest BCUT2D eigenvalue weighted by Gasteiger charge is -2.09. The molecule has 0 saturated carbocycles. The fourth-order valence-electron chi connectivity index (χ4n) is 2.30. The Morgan fingerprint density at radius 3 is 2.73 bits per heavy atom. The van der Waals surface area contributed by atoms with Gasteiger partial charge in [-0.1, -0.05) is 12.1 Å². The minimum absolute atomic E-state index is 0.0447. The predicted octanol–water partition coefficient (Wildman–Crippen LogP) is 4.06. The second-order valence-electron chi connectivity index (χ2n) is 5.33.